The van der Waals surface area contributed by atoms with Crippen LogP contribution in [0.1, 0.15) is 22.1 Å². The highest BCUT2D eigenvalue weighted by Crippen LogP contribution is 2.48. The Labute approximate surface area is 220 Å². The van der Waals surface area contributed by atoms with Crippen LogP contribution in [0.5, 0.6) is 0 Å². The van der Waals surface area contributed by atoms with E-state index >= 15 is 0 Å². The molecule has 10 nitrogen and oxygen atoms in total. The predicted octanol–water partition coefficient (Wildman–Crippen LogP) is 2.95. The van der Waals surface area contributed by atoms with Crippen molar-refractivity contribution in [2.75, 3.05) is 50.0 Å². The predicted molar refractivity (Wildman–Crippen MR) is 144 cm³/mol. The number of halogens is 1. The number of fused-ring (bicyclic) bond motifs is 4. The molecule has 2 heterocycles. The molecular formula is C24H31FN6O4S2. The van der Waals surface area contributed by atoms with Gasteiger partial charge in [0.2, 0.25) is 5.91 Å². The van der Waals surface area contributed by atoms with Crippen LogP contribution >= 0.6 is 21.4 Å². The highest BCUT2D eigenvalue weighted by Gasteiger charge is 2.53. The third-order valence-corrected chi connectivity index (χ3v) is 8.93. The SMILES string of the molecule is CNC(=O)Nc1nc2c(s1)C1CN(C(=O)OCCS(C)(C)C)C(C2)C1C(=O)NC(=N)c1ccc(F)cc1. The van der Waals surface area contributed by atoms with E-state index in [1.807, 2.05) is 0 Å². The highest BCUT2D eigenvalue weighted by molar-refractivity contribution is 8.32. The van der Waals surface area contributed by atoms with E-state index in [-0.39, 0.29) is 18.3 Å². The lowest BCUT2D eigenvalue weighted by molar-refractivity contribution is -0.124. The number of thiazole rings is 1. The Morgan fingerprint density at radius 2 is 1.95 bits per heavy atom. The Morgan fingerprint density at radius 3 is 2.59 bits per heavy atom. The van der Waals surface area contributed by atoms with Gasteiger partial charge in [-0.25, -0.2) is 29.0 Å². The summed E-state index contributed by atoms with van der Waals surface area (Å²) in [6.07, 6.45) is 6.29. The number of hydrogen-bond donors (Lipinski definition) is 4. The van der Waals surface area contributed by atoms with Crippen molar-refractivity contribution in [2.45, 2.75) is 18.4 Å². The van der Waals surface area contributed by atoms with Gasteiger partial charge >= 0.3 is 12.1 Å². The summed E-state index contributed by atoms with van der Waals surface area (Å²) in [6, 6.07) is 4.38. The minimum atomic E-state index is -0.834. The number of anilines is 1. The van der Waals surface area contributed by atoms with Crippen molar-refractivity contribution < 1.29 is 23.5 Å². The normalized spacial score (nSPS) is 20.6. The zero-order valence-corrected chi connectivity index (χ0v) is 22.7. The van der Waals surface area contributed by atoms with Gasteiger partial charge in [-0.15, -0.1) is 11.3 Å². The van der Waals surface area contributed by atoms with E-state index in [9.17, 15) is 18.8 Å². The van der Waals surface area contributed by atoms with Crippen LogP contribution in [-0.4, -0.2) is 84.5 Å². The second-order valence-corrected chi connectivity index (χ2v) is 15.5. The van der Waals surface area contributed by atoms with Crippen LogP contribution in [0, 0.1) is 17.1 Å². The topological polar surface area (TPSA) is 137 Å². The number of benzene rings is 1. The van der Waals surface area contributed by atoms with Crippen LogP contribution in [0.3, 0.4) is 0 Å². The average molecular weight is 551 g/mol. The Morgan fingerprint density at radius 1 is 1.24 bits per heavy atom. The molecule has 4 N–H and O–H groups in total. The maximum atomic E-state index is 13.5. The summed E-state index contributed by atoms with van der Waals surface area (Å²) in [5, 5.41) is 16.5. The fraction of sp³-hybridized carbons (Fsp3) is 0.458. The number of aromatic nitrogens is 1. The first-order chi connectivity index (χ1) is 17.5. The number of nitrogens with one attached hydrogen (secondary N) is 4. The standard InChI is InChI=1S/C24H31FN6O4S2/c1-27-22(33)30-23-28-16-11-17-18(21(32)29-20(26)13-5-7-14(25)8-6-13)15(19(16)36-23)12-31(17)24(34)35-9-10-37(2,3)4/h5-8,15,17-18H,9-12H2,1-4H3,(H2,26,29,32)(H2,27,28,30,33). The lowest BCUT2D eigenvalue weighted by Gasteiger charge is -2.30. The molecule has 1 fully saturated rings. The molecule has 0 saturated carbocycles. The first kappa shape index (κ1) is 26.9. The number of rotatable bonds is 6. The zero-order valence-electron chi connectivity index (χ0n) is 21.1. The number of amides is 4. The second kappa shape index (κ2) is 10.7. The van der Waals surface area contributed by atoms with Gasteiger partial charge in [-0.3, -0.25) is 15.5 Å². The number of amidine groups is 1. The number of nitrogens with zero attached hydrogens (tertiary/aromatic N) is 2. The fourth-order valence-corrected chi connectivity index (χ4v) is 6.25. The molecule has 1 aliphatic carbocycles. The smallest absolute Gasteiger partial charge is 0.410 e. The van der Waals surface area contributed by atoms with Gasteiger partial charge in [-0.05, 0) is 43.0 Å². The van der Waals surface area contributed by atoms with Gasteiger partial charge in [0.25, 0.3) is 0 Å². The summed E-state index contributed by atoms with van der Waals surface area (Å²) in [5.41, 5.74) is 1.10. The summed E-state index contributed by atoms with van der Waals surface area (Å²) in [7, 11) is 0.672. The Hall–Kier alpha value is -3.19. The van der Waals surface area contributed by atoms with Crippen molar-refractivity contribution in [3.05, 3.63) is 46.2 Å². The van der Waals surface area contributed by atoms with Crippen molar-refractivity contribution in [2.24, 2.45) is 5.92 Å². The minimum Gasteiger partial charge on any atom is -0.449 e. The van der Waals surface area contributed by atoms with Crippen LogP contribution in [0.2, 0.25) is 0 Å². The molecule has 0 spiro atoms. The first-order valence-corrected chi connectivity index (χ1v) is 15.5. The van der Waals surface area contributed by atoms with Gasteiger partial charge in [-0.2, -0.15) is 0 Å². The van der Waals surface area contributed by atoms with Crippen LogP contribution in [0.15, 0.2) is 24.3 Å². The van der Waals surface area contributed by atoms with E-state index in [2.05, 4.69) is 39.7 Å². The van der Waals surface area contributed by atoms with E-state index < -0.39 is 45.8 Å². The summed E-state index contributed by atoms with van der Waals surface area (Å²) >= 11 is 1.28. The molecule has 37 heavy (non-hydrogen) atoms. The Bertz CT molecular complexity index is 1210. The Balaban J connectivity index is 1.56. The maximum absolute atomic E-state index is 13.5. The van der Waals surface area contributed by atoms with Crippen molar-refractivity contribution in [1.29, 1.82) is 5.41 Å². The zero-order chi connectivity index (χ0) is 26.9. The van der Waals surface area contributed by atoms with Crippen molar-refractivity contribution >= 4 is 50.4 Å². The van der Waals surface area contributed by atoms with E-state index in [0.29, 0.717) is 23.7 Å². The van der Waals surface area contributed by atoms with Crippen LogP contribution in [0.25, 0.3) is 0 Å². The van der Waals surface area contributed by atoms with Gasteiger partial charge in [0, 0.05) is 42.1 Å². The molecule has 2 bridgehead atoms. The summed E-state index contributed by atoms with van der Waals surface area (Å²) in [5.74, 6) is -1.21. The van der Waals surface area contributed by atoms with E-state index in [1.165, 1.54) is 42.6 Å². The highest BCUT2D eigenvalue weighted by atomic mass is 32.3. The molecule has 2 aliphatic rings. The van der Waals surface area contributed by atoms with Crippen LogP contribution in [0.4, 0.5) is 19.1 Å². The second-order valence-electron chi connectivity index (χ2n) is 9.87. The summed E-state index contributed by atoms with van der Waals surface area (Å²) < 4.78 is 18.9. The van der Waals surface area contributed by atoms with Gasteiger partial charge < -0.3 is 20.3 Å². The van der Waals surface area contributed by atoms with Crippen molar-refractivity contribution in [3.63, 3.8) is 0 Å². The molecule has 2 aromatic rings. The average Bonchev–Trinajstić information content (AvgIpc) is 3.36. The summed E-state index contributed by atoms with van der Waals surface area (Å²) in [4.78, 5) is 45.3. The quantitative estimate of drug-likeness (QED) is 0.324. The third kappa shape index (κ3) is 6.04. The molecule has 3 atom stereocenters. The van der Waals surface area contributed by atoms with E-state index in [0.717, 1.165) is 16.3 Å². The lowest BCUT2D eigenvalue weighted by Crippen LogP contribution is -2.47. The van der Waals surface area contributed by atoms with Crippen molar-refractivity contribution in [3.8, 4) is 0 Å². The number of urea groups is 1. The minimum absolute atomic E-state index is 0.149. The molecule has 13 heteroatoms. The third-order valence-electron chi connectivity index (χ3n) is 6.40. The molecular weight excluding hydrogens is 519 g/mol. The van der Waals surface area contributed by atoms with Gasteiger partial charge in [0.15, 0.2) is 5.13 Å². The monoisotopic (exact) mass is 550 g/mol. The molecule has 4 amide bonds. The molecule has 200 valence electrons. The van der Waals surface area contributed by atoms with E-state index in [4.69, 9.17) is 10.1 Å². The number of carbonyl (C=O) groups is 3. The molecule has 1 aromatic heterocycles. The molecule has 4 rings (SSSR count). The number of hydrogen-bond acceptors (Lipinski definition) is 7. The number of carbonyl (C=O) groups excluding carboxylic acids is 3. The van der Waals surface area contributed by atoms with Crippen LogP contribution in [-0.2, 0) is 16.0 Å². The van der Waals surface area contributed by atoms with Crippen LogP contribution < -0.4 is 16.0 Å². The summed E-state index contributed by atoms with van der Waals surface area (Å²) in [6.45, 7) is 0.570. The molecule has 3 unspecified atom stereocenters. The fourth-order valence-electron chi connectivity index (χ4n) is 4.54. The van der Waals surface area contributed by atoms with Gasteiger partial charge in [-0.1, -0.05) is 0 Å². The number of likely N-dealkylation sites (tertiary alicyclic amines) is 1. The maximum Gasteiger partial charge on any atom is 0.410 e. The first-order valence-electron chi connectivity index (χ1n) is 11.7. The van der Waals surface area contributed by atoms with Crippen molar-refractivity contribution in [1.82, 2.24) is 20.5 Å². The molecule has 0 radical (unpaired) electrons. The Kier molecular flexibility index (Phi) is 7.74. The van der Waals surface area contributed by atoms with E-state index in [1.54, 1.807) is 4.90 Å². The van der Waals surface area contributed by atoms with Gasteiger partial charge in [0.05, 0.1) is 17.7 Å². The largest absolute Gasteiger partial charge is 0.449 e. The molecule has 1 saturated heterocycles. The number of ether oxygens (including phenoxy) is 1. The molecule has 1 aliphatic heterocycles. The lowest BCUT2D eigenvalue weighted by atomic mass is 9.81. The molecule has 1 aromatic carbocycles. The van der Waals surface area contributed by atoms with Gasteiger partial charge in [0.1, 0.15) is 18.3 Å².